The van der Waals surface area contributed by atoms with Gasteiger partial charge >= 0.3 is 12.1 Å². The van der Waals surface area contributed by atoms with Crippen LogP contribution in [0.25, 0.3) is 0 Å². The highest BCUT2D eigenvalue weighted by Crippen LogP contribution is 2.27. The Hall–Kier alpha value is -2.09. The number of carbonyl (C=O) groups excluding carboxylic acids is 2. The monoisotopic (exact) mass is 397 g/mol. The fourth-order valence-electron chi connectivity index (χ4n) is 4.09. The summed E-state index contributed by atoms with van der Waals surface area (Å²) in [5.74, 6) is -2.26. The number of benzene rings is 1. The van der Waals surface area contributed by atoms with Gasteiger partial charge in [-0.1, -0.05) is 30.3 Å². The molecule has 3 rings (SSSR count). The summed E-state index contributed by atoms with van der Waals surface area (Å²) in [4.78, 5) is 29.1. The lowest BCUT2D eigenvalue weighted by Crippen LogP contribution is -2.58. The Labute approximate surface area is 163 Å². The van der Waals surface area contributed by atoms with Crippen LogP contribution in [0.4, 0.5) is 13.2 Å². The van der Waals surface area contributed by atoms with E-state index >= 15 is 0 Å². The van der Waals surface area contributed by atoms with E-state index in [1.807, 2.05) is 25.1 Å². The summed E-state index contributed by atoms with van der Waals surface area (Å²) in [5.41, 5.74) is 1.25. The zero-order valence-electron chi connectivity index (χ0n) is 16.0. The Bertz CT molecular complexity index is 696. The van der Waals surface area contributed by atoms with Crippen LogP contribution in [0.3, 0.4) is 0 Å². The van der Waals surface area contributed by atoms with Crippen LogP contribution in [0.2, 0.25) is 0 Å². The smallest absolute Gasteiger partial charge is 0.338 e. The molecule has 8 heteroatoms. The van der Waals surface area contributed by atoms with Gasteiger partial charge in [-0.2, -0.15) is 13.2 Å². The van der Waals surface area contributed by atoms with Gasteiger partial charge in [-0.25, -0.2) is 0 Å². The number of carbonyl (C=O) groups is 2. The van der Waals surface area contributed by atoms with Crippen molar-refractivity contribution in [2.45, 2.75) is 44.4 Å². The van der Waals surface area contributed by atoms with Gasteiger partial charge in [-0.15, -0.1) is 0 Å². The van der Waals surface area contributed by atoms with Crippen molar-refractivity contribution < 1.29 is 22.8 Å². The SMILES string of the molecule is CC1CN(C(=O)C2CCCN2C(=O)C(F)(F)F)CCN1CCc1ccccc1. The number of hydrogen-bond acceptors (Lipinski definition) is 3. The van der Waals surface area contributed by atoms with Crippen molar-refractivity contribution >= 4 is 11.8 Å². The highest BCUT2D eigenvalue weighted by atomic mass is 19.4. The van der Waals surface area contributed by atoms with E-state index in [1.165, 1.54) is 5.56 Å². The van der Waals surface area contributed by atoms with E-state index in [0.29, 0.717) is 37.4 Å². The molecule has 28 heavy (non-hydrogen) atoms. The number of piperazine rings is 1. The van der Waals surface area contributed by atoms with Gasteiger partial charge < -0.3 is 9.80 Å². The first-order valence-corrected chi connectivity index (χ1v) is 9.72. The summed E-state index contributed by atoms with van der Waals surface area (Å²) in [7, 11) is 0. The molecule has 2 aliphatic heterocycles. The second-order valence-electron chi connectivity index (χ2n) is 7.56. The number of alkyl halides is 3. The predicted molar refractivity (Wildman–Crippen MR) is 98.6 cm³/mol. The van der Waals surface area contributed by atoms with Crippen molar-refractivity contribution in [1.29, 1.82) is 0 Å². The minimum absolute atomic E-state index is 0.0126. The normalized spacial score (nSPS) is 23.9. The van der Waals surface area contributed by atoms with Crippen molar-refractivity contribution in [2.75, 3.05) is 32.7 Å². The van der Waals surface area contributed by atoms with Crippen LogP contribution in [0.1, 0.15) is 25.3 Å². The summed E-state index contributed by atoms with van der Waals surface area (Å²) in [6, 6.07) is 9.28. The Morgan fingerprint density at radius 2 is 1.82 bits per heavy atom. The fourth-order valence-corrected chi connectivity index (χ4v) is 4.09. The third kappa shape index (κ3) is 4.66. The van der Waals surface area contributed by atoms with Crippen LogP contribution in [-0.2, 0) is 16.0 Å². The van der Waals surface area contributed by atoms with Crippen LogP contribution >= 0.6 is 0 Å². The van der Waals surface area contributed by atoms with Crippen LogP contribution in [-0.4, -0.2) is 77.5 Å². The van der Waals surface area contributed by atoms with Gasteiger partial charge in [-0.3, -0.25) is 14.5 Å². The van der Waals surface area contributed by atoms with Crippen molar-refractivity contribution in [3.05, 3.63) is 35.9 Å². The molecule has 1 aromatic rings. The maximum absolute atomic E-state index is 12.8. The molecule has 0 spiro atoms. The molecule has 2 aliphatic rings. The Morgan fingerprint density at radius 1 is 1.11 bits per heavy atom. The molecule has 2 heterocycles. The summed E-state index contributed by atoms with van der Waals surface area (Å²) >= 11 is 0. The largest absolute Gasteiger partial charge is 0.471 e. The minimum atomic E-state index is -4.94. The van der Waals surface area contributed by atoms with Crippen LogP contribution in [0, 0.1) is 0 Å². The van der Waals surface area contributed by atoms with Gasteiger partial charge in [0, 0.05) is 38.8 Å². The van der Waals surface area contributed by atoms with Gasteiger partial charge in [0.1, 0.15) is 6.04 Å². The van der Waals surface area contributed by atoms with Gasteiger partial charge in [0.2, 0.25) is 5.91 Å². The molecule has 0 bridgehead atoms. The van der Waals surface area contributed by atoms with Gasteiger partial charge in [0.05, 0.1) is 0 Å². The first-order chi connectivity index (χ1) is 13.3. The van der Waals surface area contributed by atoms with E-state index in [0.717, 1.165) is 13.0 Å². The predicted octanol–water partition coefficient (Wildman–Crippen LogP) is 2.32. The minimum Gasteiger partial charge on any atom is -0.338 e. The highest BCUT2D eigenvalue weighted by molar-refractivity contribution is 5.90. The number of amides is 2. The molecule has 2 unspecified atom stereocenters. The van der Waals surface area contributed by atoms with Crippen LogP contribution in [0.5, 0.6) is 0 Å². The number of nitrogens with zero attached hydrogens (tertiary/aromatic N) is 3. The molecular formula is C20H26F3N3O2. The maximum atomic E-state index is 12.8. The Kier molecular flexibility index (Phi) is 6.27. The van der Waals surface area contributed by atoms with Crippen LogP contribution in [0.15, 0.2) is 30.3 Å². The third-order valence-corrected chi connectivity index (χ3v) is 5.65. The number of hydrogen-bond donors (Lipinski definition) is 0. The average Bonchev–Trinajstić information content (AvgIpc) is 3.15. The van der Waals surface area contributed by atoms with Crippen molar-refractivity contribution in [2.24, 2.45) is 0 Å². The number of likely N-dealkylation sites (tertiary alicyclic amines) is 1. The van der Waals surface area contributed by atoms with Crippen molar-refractivity contribution in [1.82, 2.24) is 14.7 Å². The second kappa shape index (κ2) is 8.51. The molecule has 0 aromatic heterocycles. The summed E-state index contributed by atoms with van der Waals surface area (Å²) in [5, 5.41) is 0. The topological polar surface area (TPSA) is 43.9 Å². The molecule has 5 nitrogen and oxygen atoms in total. The van der Waals surface area contributed by atoms with Crippen LogP contribution < -0.4 is 0 Å². The summed E-state index contributed by atoms with van der Waals surface area (Å²) in [6.45, 7) is 4.51. The van der Waals surface area contributed by atoms with E-state index in [2.05, 4.69) is 17.0 Å². The van der Waals surface area contributed by atoms with E-state index < -0.39 is 18.1 Å². The number of halogens is 3. The third-order valence-electron chi connectivity index (χ3n) is 5.65. The summed E-state index contributed by atoms with van der Waals surface area (Å²) < 4.78 is 38.4. The lowest BCUT2D eigenvalue weighted by Gasteiger charge is -2.41. The molecule has 2 amide bonds. The first-order valence-electron chi connectivity index (χ1n) is 9.72. The second-order valence-corrected chi connectivity index (χ2v) is 7.56. The van der Waals surface area contributed by atoms with Gasteiger partial charge in [-0.05, 0) is 31.7 Å². The van der Waals surface area contributed by atoms with E-state index in [9.17, 15) is 22.8 Å². The standard InChI is InChI=1S/C20H26F3N3O2/c1-15-14-25(13-12-24(15)11-9-16-6-3-2-4-7-16)18(27)17-8-5-10-26(17)19(28)20(21,22)23/h2-4,6-7,15,17H,5,8-14H2,1H3. The number of rotatable bonds is 4. The molecular weight excluding hydrogens is 371 g/mol. The Balaban J connectivity index is 1.55. The van der Waals surface area contributed by atoms with Gasteiger partial charge in [0.15, 0.2) is 0 Å². The summed E-state index contributed by atoms with van der Waals surface area (Å²) in [6.07, 6.45) is -3.31. The molecule has 2 saturated heterocycles. The quantitative estimate of drug-likeness (QED) is 0.783. The Morgan fingerprint density at radius 3 is 2.46 bits per heavy atom. The van der Waals surface area contributed by atoms with E-state index in [4.69, 9.17) is 0 Å². The van der Waals surface area contributed by atoms with Crippen molar-refractivity contribution in [3.63, 3.8) is 0 Å². The average molecular weight is 397 g/mol. The molecule has 0 N–H and O–H groups in total. The van der Waals surface area contributed by atoms with Gasteiger partial charge in [0.25, 0.3) is 0 Å². The molecule has 0 radical (unpaired) electrons. The molecule has 2 fully saturated rings. The molecule has 0 aliphatic carbocycles. The zero-order chi connectivity index (χ0) is 20.3. The first kappa shape index (κ1) is 20.6. The van der Waals surface area contributed by atoms with E-state index in [1.54, 1.807) is 4.90 Å². The molecule has 2 atom stereocenters. The van der Waals surface area contributed by atoms with Crippen molar-refractivity contribution in [3.8, 4) is 0 Å². The lowest BCUT2D eigenvalue weighted by atomic mass is 10.1. The lowest BCUT2D eigenvalue weighted by molar-refractivity contribution is -0.187. The van der Waals surface area contributed by atoms with E-state index in [-0.39, 0.29) is 18.5 Å². The fraction of sp³-hybridized carbons (Fsp3) is 0.600. The molecule has 1 aromatic carbocycles. The maximum Gasteiger partial charge on any atom is 0.471 e. The molecule has 0 saturated carbocycles. The molecule has 154 valence electrons. The zero-order valence-corrected chi connectivity index (χ0v) is 16.0. The highest BCUT2D eigenvalue weighted by Gasteiger charge is 2.48.